The second-order valence-corrected chi connectivity index (χ2v) is 19.1. The van der Waals surface area contributed by atoms with E-state index in [9.17, 15) is 24.0 Å². The van der Waals surface area contributed by atoms with Crippen LogP contribution in [0.2, 0.25) is 0 Å². The molecule has 2 aromatic carbocycles. The molecule has 4 aliphatic rings. The van der Waals surface area contributed by atoms with Gasteiger partial charge in [0, 0.05) is 40.0 Å². The van der Waals surface area contributed by atoms with Crippen LogP contribution in [0.15, 0.2) is 53.0 Å². The molecule has 0 bridgehead atoms. The smallest absolute Gasteiger partial charge is 0.175 e. The van der Waals surface area contributed by atoms with E-state index in [1.165, 1.54) is 0 Å². The number of fused-ring (bicyclic) bond motifs is 2. The lowest BCUT2D eigenvalue weighted by Gasteiger charge is -2.48. The van der Waals surface area contributed by atoms with Crippen molar-refractivity contribution in [3.8, 4) is 17.2 Å². The van der Waals surface area contributed by atoms with Crippen molar-refractivity contribution in [2.24, 2.45) is 39.4 Å². The van der Waals surface area contributed by atoms with Crippen molar-refractivity contribution in [1.29, 1.82) is 0 Å². The molecule has 0 radical (unpaired) electrons. The van der Waals surface area contributed by atoms with Gasteiger partial charge in [-0.2, -0.15) is 0 Å². The van der Waals surface area contributed by atoms with Gasteiger partial charge in [0.1, 0.15) is 34.3 Å². The molecule has 8 nitrogen and oxygen atoms in total. The van der Waals surface area contributed by atoms with Gasteiger partial charge in [-0.05, 0) is 85.6 Å². The molecule has 294 valence electrons. The van der Waals surface area contributed by atoms with Crippen LogP contribution in [0, 0.1) is 39.4 Å². The van der Waals surface area contributed by atoms with E-state index in [2.05, 4.69) is 12.1 Å². The minimum Gasteiger partial charge on any atom is -0.493 e. The van der Waals surface area contributed by atoms with Crippen molar-refractivity contribution < 1.29 is 38.2 Å². The molecule has 2 aromatic rings. The van der Waals surface area contributed by atoms with E-state index >= 15 is 0 Å². The van der Waals surface area contributed by atoms with Crippen LogP contribution in [0.1, 0.15) is 142 Å². The number of allylic oxidation sites excluding steroid dienone is 4. The summed E-state index contributed by atoms with van der Waals surface area (Å²) >= 11 is 0. The van der Waals surface area contributed by atoms with Gasteiger partial charge in [0.2, 0.25) is 0 Å². The number of ether oxygens (including phenoxy) is 3. The average Bonchev–Trinajstić information content (AvgIpc) is 3.12. The van der Waals surface area contributed by atoms with Gasteiger partial charge in [-0.1, -0.05) is 71.9 Å². The first kappa shape index (κ1) is 40.3. The average molecular weight is 751 g/mol. The van der Waals surface area contributed by atoms with Crippen LogP contribution in [0.4, 0.5) is 0 Å². The molecular weight excluding hydrogens is 693 g/mol. The second kappa shape index (κ2) is 13.4. The summed E-state index contributed by atoms with van der Waals surface area (Å²) in [5.74, 6) is -2.26. The summed E-state index contributed by atoms with van der Waals surface area (Å²) in [6, 6.07) is 10.1. The van der Waals surface area contributed by atoms with Gasteiger partial charge in [-0.3, -0.25) is 24.0 Å². The Morgan fingerprint density at radius 3 is 1.45 bits per heavy atom. The highest BCUT2D eigenvalue weighted by molar-refractivity contribution is 6.21. The lowest BCUT2D eigenvalue weighted by molar-refractivity contribution is -0.146. The molecule has 0 unspecified atom stereocenters. The molecule has 0 saturated heterocycles. The summed E-state index contributed by atoms with van der Waals surface area (Å²) in [7, 11) is 0. The van der Waals surface area contributed by atoms with Crippen molar-refractivity contribution in [3.63, 3.8) is 0 Å². The molecule has 0 amide bonds. The molecule has 8 heteroatoms. The fourth-order valence-corrected chi connectivity index (χ4v) is 9.55. The molecule has 55 heavy (non-hydrogen) atoms. The Morgan fingerprint density at radius 2 is 1.07 bits per heavy atom. The fraction of sp³-hybridized carbons (Fsp3) is 0.553. The maximum atomic E-state index is 14.8. The predicted octanol–water partition coefficient (Wildman–Crippen LogP) is 9.72. The van der Waals surface area contributed by atoms with E-state index in [1.54, 1.807) is 69.2 Å². The summed E-state index contributed by atoms with van der Waals surface area (Å²) in [6.45, 7) is 25.8. The van der Waals surface area contributed by atoms with Gasteiger partial charge in [0.25, 0.3) is 0 Å². The van der Waals surface area contributed by atoms with Crippen molar-refractivity contribution in [1.82, 2.24) is 0 Å². The van der Waals surface area contributed by atoms with Gasteiger partial charge in [-0.15, -0.1) is 0 Å². The number of ketones is 5. The van der Waals surface area contributed by atoms with Gasteiger partial charge in [-0.25, -0.2) is 0 Å². The zero-order valence-corrected chi connectivity index (χ0v) is 35.2. The normalized spacial score (nSPS) is 23.3. The molecule has 0 N–H and O–H groups in total. The van der Waals surface area contributed by atoms with Crippen molar-refractivity contribution in [2.45, 2.75) is 122 Å². The lowest BCUT2D eigenvalue weighted by atomic mass is 9.58. The van der Waals surface area contributed by atoms with Crippen LogP contribution in [0.25, 0.3) is 0 Å². The van der Waals surface area contributed by atoms with E-state index in [0.717, 1.165) is 12.0 Å². The van der Waals surface area contributed by atoms with Gasteiger partial charge in [0.15, 0.2) is 28.9 Å². The zero-order chi connectivity index (χ0) is 40.9. The second-order valence-electron chi connectivity index (χ2n) is 19.1. The summed E-state index contributed by atoms with van der Waals surface area (Å²) in [5.41, 5.74) is -1.77. The van der Waals surface area contributed by atoms with Crippen molar-refractivity contribution in [2.75, 3.05) is 6.61 Å². The standard InChI is InChI=1S/C47H58O8/c1-23(2)27-29-35(53-22-18-21-26-19-16-15-17-20-26)30-28(24(3)4)32-39(50)45(9,10)43(52)47(13,14)41(32)55-37(30)33(34(48)25(5)6)36(29)54-40-31(27)38(49)44(7,8)42(51)46(40,11)12/h15-17,19-20,23-25,27-28H,18,21-22H2,1-14H3/t27-,28+. The highest BCUT2D eigenvalue weighted by atomic mass is 16.5. The number of carbonyl (C=O) groups excluding carboxylic acids is 5. The van der Waals surface area contributed by atoms with Crippen LogP contribution < -0.4 is 14.2 Å². The Morgan fingerprint density at radius 1 is 0.655 bits per heavy atom. The Bertz CT molecular complexity index is 1970. The minimum absolute atomic E-state index is 0.173. The van der Waals surface area contributed by atoms with Gasteiger partial charge >= 0.3 is 0 Å². The Balaban J connectivity index is 1.73. The van der Waals surface area contributed by atoms with Crippen molar-refractivity contribution >= 4 is 28.9 Å². The van der Waals surface area contributed by atoms with E-state index in [4.69, 9.17) is 14.2 Å². The van der Waals surface area contributed by atoms with Crippen LogP contribution >= 0.6 is 0 Å². The lowest BCUT2D eigenvalue weighted by Crippen LogP contribution is -2.52. The van der Waals surface area contributed by atoms with E-state index < -0.39 is 39.4 Å². The first-order chi connectivity index (χ1) is 25.4. The number of Topliss-reactive ketones (excluding diaryl/α,β-unsaturated/α-hetero) is 5. The number of rotatable bonds is 9. The van der Waals surface area contributed by atoms with Crippen LogP contribution in [0.3, 0.4) is 0 Å². The third kappa shape index (κ3) is 5.87. The predicted molar refractivity (Wildman–Crippen MR) is 211 cm³/mol. The Kier molecular flexibility index (Phi) is 9.83. The molecule has 2 aliphatic carbocycles. The fourth-order valence-electron chi connectivity index (χ4n) is 9.55. The number of hydrogen-bond donors (Lipinski definition) is 0. The third-order valence-electron chi connectivity index (χ3n) is 12.4. The third-order valence-corrected chi connectivity index (χ3v) is 12.4. The number of aryl methyl sites for hydroxylation is 1. The number of hydrogen-bond acceptors (Lipinski definition) is 8. The first-order valence-electron chi connectivity index (χ1n) is 19.9. The SMILES string of the molecule is CC(C)C(=O)c1c2c(c(OCCCc3ccccc3)c3c1OC1=C(C(=O)C(C)(C)C(=O)C1(C)C)[C@@H]3C(C)C)[C@H](C(C)C)C1=C(O2)C(C)(C)C(=O)C(C)(C)C1=O. The topological polar surface area (TPSA) is 113 Å². The minimum atomic E-state index is -1.32. The number of benzene rings is 2. The maximum absolute atomic E-state index is 14.8. The summed E-state index contributed by atoms with van der Waals surface area (Å²) in [6.07, 6.45) is 1.41. The summed E-state index contributed by atoms with van der Waals surface area (Å²) < 4.78 is 20.8. The maximum Gasteiger partial charge on any atom is 0.175 e. The van der Waals surface area contributed by atoms with Gasteiger partial charge < -0.3 is 14.2 Å². The molecule has 0 fully saturated rings. The van der Waals surface area contributed by atoms with Gasteiger partial charge in [0.05, 0.1) is 28.3 Å². The summed E-state index contributed by atoms with van der Waals surface area (Å²) in [4.78, 5) is 72.2. The molecule has 2 aliphatic heterocycles. The van der Waals surface area contributed by atoms with E-state index in [-0.39, 0.29) is 75.9 Å². The van der Waals surface area contributed by atoms with E-state index in [0.29, 0.717) is 34.4 Å². The largest absolute Gasteiger partial charge is 0.493 e. The van der Waals surface area contributed by atoms with Crippen LogP contribution in [0.5, 0.6) is 17.2 Å². The highest BCUT2D eigenvalue weighted by Crippen LogP contribution is 2.64. The molecule has 0 saturated carbocycles. The summed E-state index contributed by atoms with van der Waals surface area (Å²) in [5, 5.41) is 0. The molecule has 6 rings (SSSR count). The molecule has 2 atom stereocenters. The van der Waals surface area contributed by atoms with E-state index in [1.807, 2.05) is 45.9 Å². The first-order valence-corrected chi connectivity index (χ1v) is 19.9. The van der Waals surface area contributed by atoms with Crippen molar-refractivity contribution in [3.05, 3.63) is 75.3 Å². The highest BCUT2D eigenvalue weighted by Gasteiger charge is 2.61. The monoisotopic (exact) mass is 750 g/mol. The molecule has 0 aromatic heterocycles. The molecule has 2 heterocycles. The number of carbonyl (C=O) groups is 5. The molecular formula is C47H58O8. The zero-order valence-electron chi connectivity index (χ0n) is 35.2. The molecule has 0 spiro atoms. The Labute approximate surface area is 326 Å². The Hall–Kier alpha value is -4.33. The van der Waals surface area contributed by atoms with Crippen LogP contribution in [-0.4, -0.2) is 35.5 Å². The van der Waals surface area contributed by atoms with Crippen LogP contribution in [-0.2, 0) is 25.6 Å². The quantitative estimate of drug-likeness (QED) is 0.142.